The summed E-state index contributed by atoms with van der Waals surface area (Å²) in [6.07, 6.45) is 5.60. The van der Waals surface area contributed by atoms with E-state index in [-0.39, 0.29) is 58.5 Å². The number of H-pyrrole nitrogens is 2. The number of fused-ring (bicyclic) bond motifs is 6. The predicted octanol–water partition coefficient (Wildman–Crippen LogP) is 6.54. The molecule has 2 aromatic heterocycles. The number of likely N-dealkylation sites (tertiary alicyclic amines) is 2. The fraction of sp³-hybridized carbons (Fsp3) is 0.490. The number of methoxy groups -OCH3 is 2. The molecule has 3 aliphatic carbocycles. The highest BCUT2D eigenvalue weighted by Gasteiger charge is 2.55. The summed E-state index contributed by atoms with van der Waals surface area (Å²) >= 11 is 0. The maximum Gasteiger partial charge on any atom is 0.407 e. The van der Waals surface area contributed by atoms with Gasteiger partial charge in [-0.25, -0.2) is 23.2 Å². The maximum atomic E-state index is 16.7. The zero-order valence-electron chi connectivity index (χ0n) is 38.5. The van der Waals surface area contributed by atoms with Gasteiger partial charge in [0.1, 0.15) is 27.5 Å². The summed E-state index contributed by atoms with van der Waals surface area (Å²) in [6.45, 7) is 4.38. The van der Waals surface area contributed by atoms with Crippen molar-refractivity contribution < 1.29 is 46.2 Å². The van der Waals surface area contributed by atoms with E-state index in [9.17, 15) is 27.9 Å². The Hall–Kier alpha value is -5.76. The molecule has 5 aromatic rings. The van der Waals surface area contributed by atoms with Crippen LogP contribution in [0.2, 0.25) is 0 Å². The number of piperidine rings is 1. The molecule has 1 unspecified atom stereocenters. The number of aromatic amines is 2. The zero-order valence-corrected chi connectivity index (χ0v) is 39.3. The first-order valence-electron chi connectivity index (χ1n) is 23.2. The second-order valence-electron chi connectivity index (χ2n) is 19.8. The van der Waals surface area contributed by atoms with E-state index in [2.05, 4.69) is 20.6 Å². The summed E-state index contributed by atoms with van der Waals surface area (Å²) in [5.41, 5.74) is 4.33. The summed E-state index contributed by atoms with van der Waals surface area (Å²) in [6, 6.07) is 12.9. The molecule has 68 heavy (non-hydrogen) atoms. The van der Waals surface area contributed by atoms with Crippen molar-refractivity contribution in [2.75, 3.05) is 32.8 Å². The molecule has 3 amide bonds. The second-order valence-corrected chi connectivity index (χ2v) is 22.1. The standard InChI is InChI=1S/C49H56F2N8O8S/c1-25(2)40(57-47(63)67-4)45(61)58-24-48(15-16-48)22-39(58)42-52-23-38(55-42)28-8-12-32-31-11-7-26(19-33(31)49(50,51)34(32)20-28)27-9-13-35-37(21-27)54-43(53-35)41-29-6-10-30(18-29)59(41)44(60)36(56-46(62)66-3)14-17-68(5,64)65/h7-9,11-13,19-21,23,25,29-30,36,39-41,47,57,63H,6,10,14-18,22,24H2,1-5H3,(H,52,55)(H,53,54)(H,56,62)/t29-,30+,36-,39-,40+,41-,47?/m0/s1. The highest BCUT2D eigenvalue weighted by molar-refractivity contribution is 7.90. The van der Waals surface area contributed by atoms with Crippen molar-refractivity contribution in [3.63, 3.8) is 0 Å². The monoisotopic (exact) mass is 954 g/mol. The van der Waals surface area contributed by atoms with Gasteiger partial charge in [-0.3, -0.25) is 14.9 Å². The summed E-state index contributed by atoms with van der Waals surface area (Å²) in [5.74, 6) is -3.06. The number of imidazole rings is 2. The van der Waals surface area contributed by atoms with Crippen LogP contribution in [0.4, 0.5) is 13.6 Å². The Morgan fingerprint density at radius 1 is 0.941 bits per heavy atom. The molecule has 1 spiro atoms. The molecule has 10 rings (SSSR count). The maximum absolute atomic E-state index is 16.7. The number of amides is 3. The lowest BCUT2D eigenvalue weighted by Gasteiger charge is -2.36. The molecule has 0 radical (unpaired) electrons. The van der Waals surface area contributed by atoms with Crippen LogP contribution >= 0.6 is 0 Å². The number of benzene rings is 3. The van der Waals surface area contributed by atoms with Crippen LogP contribution in [0.5, 0.6) is 0 Å². The summed E-state index contributed by atoms with van der Waals surface area (Å²) in [7, 11) is -0.898. The number of nitrogens with one attached hydrogen (secondary N) is 4. The first-order valence-corrected chi connectivity index (χ1v) is 25.3. The third kappa shape index (κ3) is 8.23. The number of carbonyl (C=O) groups is 3. The molecular formula is C49H56F2N8O8S. The predicted molar refractivity (Wildman–Crippen MR) is 247 cm³/mol. The minimum atomic E-state index is -3.43. The number of aliphatic hydroxyl groups is 1. The van der Waals surface area contributed by atoms with Crippen LogP contribution in [0, 0.1) is 17.3 Å². The number of aromatic nitrogens is 4. The van der Waals surface area contributed by atoms with Gasteiger partial charge < -0.3 is 39.7 Å². The van der Waals surface area contributed by atoms with Gasteiger partial charge >= 0.3 is 6.09 Å². The average Bonchev–Trinajstić information content (AvgIpc) is 3.97. The zero-order chi connectivity index (χ0) is 48.0. The van der Waals surface area contributed by atoms with E-state index in [0.29, 0.717) is 62.7 Å². The second kappa shape index (κ2) is 17.0. The molecule has 2 saturated heterocycles. The van der Waals surface area contributed by atoms with Gasteiger partial charge in [0.25, 0.3) is 5.92 Å². The Morgan fingerprint density at radius 2 is 1.63 bits per heavy atom. The van der Waals surface area contributed by atoms with Gasteiger partial charge in [-0.15, -0.1) is 0 Å². The van der Waals surface area contributed by atoms with E-state index in [0.717, 1.165) is 44.8 Å². The molecule has 16 nitrogen and oxygen atoms in total. The Bertz CT molecular complexity index is 2930. The van der Waals surface area contributed by atoms with E-state index in [1.807, 2.05) is 43.0 Å². The molecule has 2 bridgehead atoms. The molecule has 3 aromatic carbocycles. The highest BCUT2D eigenvalue weighted by Crippen LogP contribution is 2.59. The van der Waals surface area contributed by atoms with Crippen molar-refractivity contribution in [3.05, 3.63) is 83.6 Å². The third-order valence-electron chi connectivity index (χ3n) is 15.0. The molecule has 2 saturated carbocycles. The Balaban J connectivity index is 0.889. The average molecular weight is 955 g/mol. The van der Waals surface area contributed by atoms with E-state index in [1.54, 1.807) is 29.3 Å². The molecule has 4 heterocycles. The van der Waals surface area contributed by atoms with Gasteiger partial charge in [-0.2, -0.15) is 8.78 Å². The number of ether oxygens (including phenoxy) is 2. The van der Waals surface area contributed by atoms with Gasteiger partial charge in [0.2, 0.25) is 18.2 Å². The van der Waals surface area contributed by atoms with E-state index >= 15 is 8.78 Å². The Morgan fingerprint density at radius 3 is 2.31 bits per heavy atom. The minimum Gasteiger partial charge on any atom is -0.453 e. The lowest BCUT2D eigenvalue weighted by Crippen LogP contribution is -2.53. The van der Waals surface area contributed by atoms with Crippen LogP contribution in [0.3, 0.4) is 0 Å². The normalized spacial score (nSPS) is 23.2. The fourth-order valence-electron chi connectivity index (χ4n) is 11.2. The molecule has 5 aliphatic rings. The smallest absolute Gasteiger partial charge is 0.407 e. The Labute approximate surface area is 392 Å². The molecule has 360 valence electrons. The number of rotatable bonds is 14. The number of halogens is 2. The van der Waals surface area contributed by atoms with Gasteiger partial charge in [-0.1, -0.05) is 44.2 Å². The first kappa shape index (κ1) is 46.0. The van der Waals surface area contributed by atoms with Crippen LogP contribution in [0.25, 0.3) is 44.5 Å². The van der Waals surface area contributed by atoms with Crippen LogP contribution < -0.4 is 10.6 Å². The van der Waals surface area contributed by atoms with Crippen molar-refractivity contribution in [1.29, 1.82) is 0 Å². The number of aliphatic hydroxyl groups excluding tert-OH is 1. The van der Waals surface area contributed by atoms with Gasteiger partial charge in [0, 0.05) is 42.6 Å². The van der Waals surface area contributed by atoms with E-state index in [4.69, 9.17) is 19.4 Å². The minimum absolute atomic E-state index is 0.0169. The largest absolute Gasteiger partial charge is 0.453 e. The molecule has 5 N–H and O–H groups in total. The number of hydrogen-bond donors (Lipinski definition) is 5. The van der Waals surface area contributed by atoms with Gasteiger partial charge in [0.05, 0.1) is 53.9 Å². The molecule has 2 aliphatic heterocycles. The summed E-state index contributed by atoms with van der Waals surface area (Å²) in [5, 5.41) is 15.6. The lowest BCUT2D eigenvalue weighted by atomic mass is 9.97. The SMILES string of the molecule is COC(=O)N[C@@H](CCS(C)(=O)=O)C(=O)N1[C@@H]2CC[C@@H](C2)[C@H]1c1nc2ccc(-c3ccc4c(c3)C(F)(F)c3cc(-c5cnc([C@@H]6CC7(CC7)CN6C(=O)[C@H](NC(O)OC)C(C)C)[nH]5)ccc3-4)cc2[nH]1. The lowest BCUT2D eigenvalue weighted by molar-refractivity contribution is -0.145. The number of alkyl carbamates (subject to hydrolysis) is 1. The molecule has 19 heteroatoms. The quantitative estimate of drug-likeness (QED) is 0.0755. The van der Waals surface area contributed by atoms with E-state index in [1.165, 1.54) is 26.4 Å². The van der Waals surface area contributed by atoms with Crippen LogP contribution in [-0.4, -0.2) is 118 Å². The van der Waals surface area contributed by atoms with Crippen molar-refractivity contribution in [2.24, 2.45) is 17.3 Å². The highest BCUT2D eigenvalue weighted by atomic mass is 32.2. The van der Waals surface area contributed by atoms with Crippen LogP contribution in [0.15, 0.2) is 60.8 Å². The van der Waals surface area contributed by atoms with Crippen molar-refractivity contribution in [3.8, 4) is 33.5 Å². The number of carbonyl (C=O) groups excluding carboxylic acids is 3. The number of alkyl halides is 2. The van der Waals surface area contributed by atoms with Crippen LogP contribution in [-0.2, 0) is 34.8 Å². The molecule has 7 atom stereocenters. The van der Waals surface area contributed by atoms with E-state index < -0.39 is 52.3 Å². The van der Waals surface area contributed by atoms with Crippen molar-refractivity contribution >= 4 is 38.8 Å². The van der Waals surface area contributed by atoms with Crippen molar-refractivity contribution in [1.82, 2.24) is 40.4 Å². The molecular weight excluding hydrogens is 899 g/mol. The summed E-state index contributed by atoms with van der Waals surface area (Å²) in [4.78, 5) is 60.4. The third-order valence-corrected chi connectivity index (χ3v) is 15.9. The van der Waals surface area contributed by atoms with Crippen LogP contribution in [0.1, 0.15) is 93.7 Å². The molecule has 4 fully saturated rings. The first-order chi connectivity index (χ1) is 32.4. The van der Waals surface area contributed by atoms with Gasteiger partial charge in [0.15, 0.2) is 0 Å². The number of nitrogens with zero attached hydrogens (tertiary/aromatic N) is 4. The number of hydrogen-bond acceptors (Lipinski definition) is 11. The topological polar surface area (TPSA) is 212 Å². The van der Waals surface area contributed by atoms with Crippen molar-refractivity contribution in [2.45, 2.75) is 101 Å². The summed E-state index contributed by atoms with van der Waals surface area (Å²) < 4.78 is 67.3. The number of sulfone groups is 1. The fourth-order valence-corrected chi connectivity index (χ4v) is 11.9. The van der Waals surface area contributed by atoms with Gasteiger partial charge in [-0.05, 0) is 109 Å². The Kier molecular flexibility index (Phi) is 11.5.